The molecule has 1 fully saturated rings. The van der Waals surface area contributed by atoms with Crippen LogP contribution < -0.4 is 5.32 Å². The fourth-order valence-electron chi connectivity index (χ4n) is 2.81. The highest BCUT2D eigenvalue weighted by Gasteiger charge is 2.23. The third-order valence-electron chi connectivity index (χ3n) is 4.02. The molecule has 0 radical (unpaired) electrons. The van der Waals surface area contributed by atoms with Gasteiger partial charge in [0.2, 0.25) is 5.65 Å². The summed E-state index contributed by atoms with van der Waals surface area (Å²) in [6.45, 7) is 0.587. The Labute approximate surface area is 153 Å². The Kier molecular flexibility index (Phi) is 4.52. The van der Waals surface area contributed by atoms with Crippen LogP contribution in [0.5, 0.6) is 0 Å². The maximum atomic E-state index is 6.06. The molecule has 8 heteroatoms. The first-order valence-electron chi connectivity index (χ1n) is 7.71. The van der Waals surface area contributed by atoms with Gasteiger partial charge in [0.25, 0.3) is 0 Å². The van der Waals surface area contributed by atoms with Gasteiger partial charge in [-0.3, -0.25) is 4.40 Å². The predicted molar refractivity (Wildman–Crippen MR) is 99.0 cm³/mol. The fraction of sp³-hybridized carbons (Fsp3) is 0.312. The molecule has 1 N–H and O–H groups in total. The van der Waals surface area contributed by atoms with Gasteiger partial charge in [-0.15, -0.1) is 10.2 Å². The van der Waals surface area contributed by atoms with Crippen molar-refractivity contribution in [3.05, 3.63) is 52.0 Å². The highest BCUT2D eigenvalue weighted by Crippen LogP contribution is 2.39. The second kappa shape index (κ2) is 6.78. The molecule has 0 aliphatic carbocycles. The number of nitrogens with zero attached hydrogens (tertiary/aromatic N) is 4. The lowest BCUT2D eigenvalue weighted by Gasteiger charge is -2.09. The predicted octanol–water partition coefficient (Wildman–Crippen LogP) is 4.61. The second-order valence-corrected chi connectivity index (χ2v) is 7.76. The van der Waals surface area contributed by atoms with Crippen molar-refractivity contribution in [3.63, 3.8) is 0 Å². The third kappa shape index (κ3) is 3.06. The van der Waals surface area contributed by atoms with Gasteiger partial charge in [-0.05, 0) is 36.3 Å². The Balaban J connectivity index is 1.59. The zero-order valence-corrected chi connectivity index (χ0v) is 15.1. The molecule has 3 aromatic rings. The summed E-state index contributed by atoms with van der Waals surface area (Å²) in [6.07, 6.45) is 6.09. The van der Waals surface area contributed by atoms with E-state index in [-0.39, 0.29) is 0 Å². The average molecular weight is 380 g/mol. The monoisotopic (exact) mass is 379 g/mol. The van der Waals surface area contributed by atoms with Gasteiger partial charge >= 0.3 is 0 Å². The standard InChI is InChI=1S/C16H15Cl2N5S/c17-11-4-3-10(8-12(11)18)9-20-14-16-22-21-15(13-2-1-7-24-13)23(16)6-5-19-14/h3-6,8,13H,1-2,7,9H2,(H,19,20)/t13-/m0/s1. The molecule has 3 heterocycles. The van der Waals surface area contributed by atoms with Crippen LogP contribution in [0, 0.1) is 0 Å². The van der Waals surface area contributed by atoms with Crippen molar-refractivity contribution in [1.82, 2.24) is 19.6 Å². The maximum absolute atomic E-state index is 6.06. The maximum Gasteiger partial charge on any atom is 0.203 e. The van der Waals surface area contributed by atoms with Gasteiger partial charge in [-0.25, -0.2) is 4.98 Å². The quantitative estimate of drug-likeness (QED) is 0.716. The molecule has 1 aliphatic rings. The molecule has 1 saturated heterocycles. The van der Waals surface area contributed by atoms with Gasteiger partial charge in [0.05, 0.1) is 15.3 Å². The lowest BCUT2D eigenvalue weighted by molar-refractivity contribution is 0.765. The zero-order valence-electron chi connectivity index (χ0n) is 12.7. The summed E-state index contributed by atoms with van der Waals surface area (Å²) in [6, 6.07) is 5.58. The summed E-state index contributed by atoms with van der Waals surface area (Å²) in [4.78, 5) is 4.40. The minimum Gasteiger partial charge on any atom is -0.363 e. The number of nitrogens with one attached hydrogen (secondary N) is 1. The van der Waals surface area contributed by atoms with Crippen LogP contribution in [0.25, 0.3) is 5.65 Å². The number of halogens is 2. The number of hydrogen-bond donors (Lipinski definition) is 1. The summed E-state index contributed by atoms with van der Waals surface area (Å²) in [5.41, 5.74) is 1.78. The van der Waals surface area contributed by atoms with Gasteiger partial charge in [0.1, 0.15) is 0 Å². The molecule has 1 aromatic carbocycles. The minimum atomic E-state index is 0.422. The Bertz CT molecular complexity index is 876. The Morgan fingerprint density at radius 1 is 1.25 bits per heavy atom. The number of thioether (sulfide) groups is 1. The molecule has 0 saturated carbocycles. The zero-order chi connectivity index (χ0) is 16.5. The van der Waals surface area contributed by atoms with Crippen LogP contribution in [0.3, 0.4) is 0 Å². The van der Waals surface area contributed by atoms with Gasteiger partial charge in [0, 0.05) is 18.9 Å². The molecule has 2 aromatic heterocycles. The Hall–Kier alpha value is -1.50. The van der Waals surface area contributed by atoms with Crippen molar-refractivity contribution >= 4 is 46.4 Å². The highest BCUT2D eigenvalue weighted by atomic mass is 35.5. The van der Waals surface area contributed by atoms with E-state index >= 15 is 0 Å². The second-order valence-electron chi connectivity index (χ2n) is 5.63. The summed E-state index contributed by atoms with van der Waals surface area (Å²) >= 11 is 14.0. The van der Waals surface area contributed by atoms with E-state index < -0.39 is 0 Å². The molecular formula is C16H15Cl2N5S. The van der Waals surface area contributed by atoms with E-state index in [1.54, 1.807) is 12.3 Å². The SMILES string of the molecule is Clc1ccc(CNc2nccn3c([C@@H]4CCCS4)nnc23)cc1Cl. The smallest absolute Gasteiger partial charge is 0.203 e. The molecule has 1 aliphatic heterocycles. The van der Waals surface area contributed by atoms with Crippen LogP contribution in [0.15, 0.2) is 30.6 Å². The highest BCUT2D eigenvalue weighted by molar-refractivity contribution is 7.99. The molecule has 1 atom stereocenters. The van der Waals surface area contributed by atoms with E-state index in [0.717, 1.165) is 23.5 Å². The number of benzene rings is 1. The summed E-state index contributed by atoms with van der Waals surface area (Å²) < 4.78 is 2.03. The van der Waals surface area contributed by atoms with E-state index in [2.05, 4.69) is 20.5 Å². The first-order chi connectivity index (χ1) is 11.7. The van der Waals surface area contributed by atoms with Crippen molar-refractivity contribution in [2.24, 2.45) is 0 Å². The van der Waals surface area contributed by atoms with Crippen LogP contribution in [0.4, 0.5) is 5.82 Å². The molecule has 24 heavy (non-hydrogen) atoms. The summed E-state index contributed by atoms with van der Waals surface area (Å²) in [7, 11) is 0. The average Bonchev–Trinajstić information content (AvgIpc) is 3.24. The summed E-state index contributed by atoms with van der Waals surface area (Å²) in [5, 5.41) is 13.6. The van der Waals surface area contributed by atoms with Crippen LogP contribution in [0.2, 0.25) is 10.0 Å². The molecule has 124 valence electrons. The normalized spacial score (nSPS) is 17.5. The fourth-order valence-corrected chi connectivity index (χ4v) is 4.39. The number of rotatable bonds is 4. The molecule has 0 unspecified atom stereocenters. The van der Waals surface area contributed by atoms with Gasteiger partial charge in [-0.1, -0.05) is 29.3 Å². The number of aromatic nitrogens is 4. The van der Waals surface area contributed by atoms with Gasteiger partial charge in [-0.2, -0.15) is 11.8 Å². The number of fused-ring (bicyclic) bond motifs is 1. The Morgan fingerprint density at radius 2 is 2.17 bits per heavy atom. The molecule has 0 spiro atoms. The molecular weight excluding hydrogens is 365 g/mol. The third-order valence-corrected chi connectivity index (χ3v) is 6.13. The molecule has 5 nitrogen and oxygen atoms in total. The van der Waals surface area contributed by atoms with Crippen molar-refractivity contribution in [2.75, 3.05) is 11.1 Å². The first kappa shape index (κ1) is 16.0. The van der Waals surface area contributed by atoms with Gasteiger partial charge < -0.3 is 5.32 Å². The van der Waals surface area contributed by atoms with Crippen LogP contribution in [-0.2, 0) is 6.54 Å². The van der Waals surface area contributed by atoms with E-state index in [0.29, 0.717) is 27.7 Å². The van der Waals surface area contributed by atoms with Gasteiger partial charge in [0.15, 0.2) is 11.6 Å². The minimum absolute atomic E-state index is 0.422. The van der Waals surface area contributed by atoms with Crippen molar-refractivity contribution in [3.8, 4) is 0 Å². The van der Waals surface area contributed by atoms with E-state index in [9.17, 15) is 0 Å². The lowest BCUT2D eigenvalue weighted by Crippen LogP contribution is -2.05. The number of hydrogen-bond acceptors (Lipinski definition) is 5. The first-order valence-corrected chi connectivity index (χ1v) is 9.52. The molecule has 0 bridgehead atoms. The lowest BCUT2D eigenvalue weighted by atomic mass is 10.2. The Morgan fingerprint density at radius 3 is 2.96 bits per heavy atom. The van der Waals surface area contributed by atoms with Crippen LogP contribution in [-0.4, -0.2) is 25.3 Å². The van der Waals surface area contributed by atoms with Crippen LogP contribution >= 0.6 is 35.0 Å². The topological polar surface area (TPSA) is 55.1 Å². The van der Waals surface area contributed by atoms with Crippen molar-refractivity contribution in [2.45, 2.75) is 24.6 Å². The van der Waals surface area contributed by atoms with Crippen LogP contribution in [0.1, 0.15) is 29.5 Å². The largest absolute Gasteiger partial charge is 0.363 e. The number of anilines is 1. The van der Waals surface area contributed by atoms with Crippen molar-refractivity contribution < 1.29 is 0 Å². The molecule has 4 rings (SSSR count). The van der Waals surface area contributed by atoms with E-state index in [1.807, 2.05) is 34.5 Å². The molecule has 0 amide bonds. The van der Waals surface area contributed by atoms with E-state index in [4.69, 9.17) is 23.2 Å². The van der Waals surface area contributed by atoms with Crippen molar-refractivity contribution in [1.29, 1.82) is 0 Å². The summed E-state index contributed by atoms with van der Waals surface area (Å²) in [5.74, 6) is 2.91. The van der Waals surface area contributed by atoms with E-state index in [1.165, 1.54) is 12.2 Å².